The molecule has 5 aromatic rings. The number of ether oxygens (including phenoxy) is 1. The highest BCUT2D eigenvalue weighted by Gasteiger charge is 2.19. The molecular weight excluding hydrogens is 416 g/mol. The number of anilines is 1. The number of hydrogen-bond donors (Lipinski definition) is 1. The minimum atomic E-state index is 0.182. The van der Waals surface area contributed by atoms with Crippen molar-refractivity contribution in [2.24, 2.45) is 0 Å². The minimum absolute atomic E-state index is 0.182. The van der Waals surface area contributed by atoms with Gasteiger partial charge in [-0.3, -0.25) is 9.08 Å². The smallest absolute Gasteiger partial charge is 0.222 e. The van der Waals surface area contributed by atoms with E-state index in [-0.39, 0.29) is 6.04 Å². The van der Waals surface area contributed by atoms with Crippen LogP contribution in [0, 0.1) is 6.92 Å². The number of nitrogens with one attached hydrogen (secondary N) is 1. The molecule has 0 fully saturated rings. The van der Waals surface area contributed by atoms with Crippen molar-refractivity contribution in [3.05, 3.63) is 60.6 Å². The summed E-state index contributed by atoms with van der Waals surface area (Å²) in [6.07, 6.45) is 7.20. The molecule has 5 rings (SSSR count). The first-order chi connectivity index (χ1) is 16.1. The third kappa shape index (κ3) is 3.75. The second-order valence-corrected chi connectivity index (χ2v) is 8.04. The maximum atomic E-state index is 5.77. The van der Waals surface area contributed by atoms with Gasteiger partial charge in [0.15, 0.2) is 0 Å². The molecule has 0 amide bonds. The third-order valence-electron chi connectivity index (χ3n) is 5.47. The van der Waals surface area contributed by atoms with Crippen LogP contribution in [0.4, 0.5) is 5.69 Å². The Kier molecular flexibility index (Phi) is 5.37. The Morgan fingerprint density at radius 1 is 1.09 bits per heavy atom. The van der Waals surface area contributed by atoms with Crippen molar-refractivity contribution in [3.63, 3.8) is 0 Å². The van der Waals surface area contributed by atoms with Crippen LogP contribution in [0.25, 0.3) is 27.9 Å². The number of hydrogen-bond acceptors (Lipinski definition) is 7. The normalized spacial score (nSPS) is 11.5. The summed E-state index contributed by atoms with van der Waals surface area (Å²) in [5.74, 6) is 1.43. The van der Waals surface area contributed by atoms with Crippen LogP contribution in [-0.4, -0.2) is 40.7 Å². The van der Waals surface area contributed by atoms with Gasteiger partial charge in [0.2, 0.25) is 5.88 Å². The van der Waals surface area contributed by atoms with E-state index in [0.29, 0.717) is 19.0 Å². The first-order valence-electron chi connectivity index (χ1n) is 11.1. The van der Waals surface area contributed by atoms with Crippen LogP contribution in [0.3, 0.4) is 0 Å². The Morgan fingerprint density at radius 2 is 1.97 bits per heavy atom. The summed E-state index contributed by atoms with van der Waals surface area (Å²) in [6, 6.07) is 7.98. The van der Waals surface area contributed by atoms with E-state index >= 15 is 0 Å². The van der Waals surface area contributed by atoms with Gasteiger partial charge in [-0.2, -0.15) is 5.10 Å². The molecule has 33 heavy (non-hydrogen) atoms. The summed E-state index contributed by atoms with van der Waals surface area (Å²) in [6.45, 7) is 9.21. The van der Waals surface area contributed by atoms with Crippen molar-refractivity contribution < 1.29 is 4.74 Å². The van der Waals surface area contributed by atoms with Crippen LogP contribution >= 0.6 is 0 Å². The van der Waals surface area contributed by atoms with E-state index in [1.165, 1.54) is 0 Å². The SMILES string of the molecule is CCOc1ncccc1-c1cc(NCc2nccc3nccn23)c2c(n1)c(C)nn2C(C)C. The second-order valence-electron chi connectivity index (χ2n) is 8.04. The Hall–Kier alpha value is -4.01. The number of pyridine rings is 2. The van der Waals surface area contributed by atoms with E-state index in [2.05, 4.69) is 34.1 Å². The van der Waals surface area contributed by atoms with Gasteiger partial charge in [0.05, 0.1) is 35.8 Å². The lowest BCUT2D eigenvalue weighted by Gasteiger charge is -2.15. The van der Waals surface area contributed by atoms with E-state index < -0.39 is 0 Å². The highest BCUT2D eigenvalue weighted by atomic mass is 16.5. The molecule has 5 aromatic heterocycles. The molecule has 0 aliphatic heterocycles. The van der Waals surface area contributed by atoms with Gasteiger partial charge in [0, 0.05) is 30.8 Å². The van der Waals surface area contributed by atoms with E-state index in [1.54, 1.807) is 18.6 Å². The average Bonchev–Trinajstić information content (AvgIpc) is 3.43. The first kappa shape index (κ1) is 20.9. The van der Waals surface area contributed by atoms with Crippen molar-refractivity contribution in [1.82, 2.24) is 34.1 Å². The summed E-state index contributed by atoms with van der Waals surface area (Å²) in [5.41, 5.74) is 6.10. The zero-order chi connectivity index (χ0) is 22.9. The van der Waals surface area contributed by atoms with Crippen molar-refractivity contribution in [3.8, 4) is 17.1 Å². The van der Waals surface area contributed by atoms with Crippen LogP contribution in [0.1, 0.15) is 38.3 Å². The summed E-state index contributed by atoms with van der Waals surface area (Å²) in [7, 11) is 0. The Bertz CT molecular complexity index is 1440. The minimum Gasteiger partial charge on any atom is -0.477 e. The predicted molar refractivity (Wildman–Crippen MR) is 127 cm³/mol. The summed E-state index contributed by atoms with van der Waals surface area (Å²) in [5, 5.41) is 8.36. The second kappa shape index (κ2) is 8.50. The number of fused-ring (bicyclic) bond motifs is 2. The maximum absolute atomic E-state index is 5.77. The lowest BCUT2D eigenvalue weighted by atomic mass is 10.1. The van der Waals surface area contributed by atoms with E-state index in [1.807, 2.05) is 53.4 Å². The Morgan fingerprint density at radius 3 is 2.79 bits per heavy atom. The van der Waals surface area contributed by atoms with Gasteiger partial charge in [0.25, 0.3) is 0 Å². The fraction of sp³-hybridized carbons (Fsp3) is 0.292. The van der Waals surface area contributed by atoms with Gasteiger partial charge in [0.1, 0.15) is 22.5 Å². The fourth-order valence-electron chi connectivity index (χ4n) is 3.98. The zero-order valence-electron chi connectivity index (χ0n) is 19.1. The molecule has 168 valence electrons. The van der Waals surface area contributed by atoms with E-state index in [0.717, 1.165) is 45.1 Å². The quantitative estimate of drug-likeness (QED) is 0.398. The largest absolute Gasteiger partial charge is 0.477 e. The van der Waals surface area contributed by atoms with Gasteiger partial charge in [-0.05, 0) is 52.0 Å². The van der Waals surface area contributed by atoms with Gasteiger partial charge in [-0.15, -0.1) is 0 Å². The number of aromatic nitrogens is 7. The average molecular weight is 443 g/mol. The lowest BCUT2D eigenvalue weighted by molar-refractivity contribution is 0.328. The number of rotatable bonds is 7. The number of imidazole rings is 1. The van der Waals surface area contributed by atoms with E-state index in [9.17, 15) is 0 Å². The molecule has 0 bridgehead atoms. The van der Waals surface area contributed by atoms with Crippen molar-refractivity contribution in [1.29, 1.82) is 0 Å². The first-order valence-corrected chi connectivity index (χ1v) is 11.1. The lowest BCUT2D eigenvalue weighted by Crippen LogP contribution is -2.10. The fourth-order valence-corrected chi connectivity index (χ4v) is 3.98. The molecule has 9 heteroatoms. The van der Waals surface area contributed by atoms with Gasteiger partial charge < -0.3 is 10.1 Å². The zero-order valence-corrected chi connectivity index (χ0v) is 19.1. The molecule has 0 aliphatic rings. The number of aryl methyl sites for hydroxylation is 1. The molecule has 9 nitrogen and oxygen atoms in total. The van der Waals surface area contributed by atoms with E-state index in [4.69, 9.17) is 14.8 Å². The van der Waals surface area contributed by atoms with Gasteiger partial charge in [-0.25, -0.2) is 19.9 Å². The van der Waals surface area contributed by atoms with Crippen LogP contribution in [-0.2, 0) is 6.54 Å². The van der Waals surface area contributed by atoms with Crippen molar-refractivity contribution in [2.45, 2.75) is 40.3 Å². The molecule has 0 aliphatic carbocycles. The molecule has 1 N–H and O–H groups in total. The van der Waals surface area contributed by atoms with Crippen LogP contribution in [0.2, 0.25) is 0 Å². The van der Waals surface area contributed by atoms with Crippen LogP contribution in [0.5, 0.6) is 5.88 Å². The number of nitrogens with zero attached hydrogens (tertiary/aromatic N) is 7. The summed E-state index contributed by atoms with van der Waals surface area (Å²) < 4.78 is 9.77. The third-order valence-corrected chi connectivity index (χ3v) is 5.47. The van der Waals surface area contributed by atoms with Crippen LogP contribution in [0.15, 0.2) is 49.1 Å². The van der Waals surface area contributed by atoms with Gasteiger partial charge >= 0.3 is 0 Å². The molecule has 0 saturated heterocycles. The molecule has 0 saturated carbocycles. The molecule has 0 unspecified atom stereocenters. The summed E-state index contributed by atoms with van der Waals surface area (Å²) >= 11 is 0. The monoisotopic (exact) mass is 442 g/mol. The highest BCUT2D eigenvalue weighted by molar-refractivity contribution is 5.93. The Balaban J connectivity index is 1.65. The molecule has 0 radical (unpaired) electrons. The standard InChI is InChI=1S/C24H26N8O/c1-5-33-24-17(7-6-9-27-24)18-13-19(23-22(29-18)16(4)30-32(23)15(2)3)28-14-21-25-10-8-20-26-11-12-31(20)21/h6-13,15H,5,14H2,1-4H3,(H,28,29). The summed E-state index contributed by atoms with van der Waals surface area (Å²) in [4.78, 5) is 18.3. The molecule has 0 atom stereocenters. The molecule has 0 aromatic carbocycles. The van der Waals surface area contributed by atoms with Gasteiger partial charge in [-0.1, -0.05) is 0 Å². The maximum Gasteiger partial charge on any atom is 0.222 e. The molecule has 5 heterocycles. The van der Waals surface area contributed by atoms with Crippen molar-refractivity contribution in [2.75, 3.05) is 11.9 Å². The highest BCUT2D eigenvalue weighted by Crippen LogP contribution is 2.34. The molecular formula is C24H26N8O. The van der Waals surface area contributed by atoms with Crippen LogP contribution < -0.4 is 10.1 Å². The topological polar surface area (TPSA) is 95.1 Å². The Labute approximate surface area is 191 Å². The van der Waals surface area contributed by atoms with Crippen molar-refractivity contribution >= 4 is 22.4 Å². The predicted octanol–water partition coefficient (Wildman–Crippen LogP) is 4.44. The molecule has 0 spiro atoms.